The van der Waals surface area contributed by atoms with Crippen molar-refractivity contribution in [2.24, 2.45) is 16.8 Å². The van der Waals surface area contributed by atoms with Crippen molar-refractivity contribution in [2.75, 3.05) is 32.2 Å². The van der Waals surface area contributed by atoms with Crippen molar-refractivity contribution >= 4 is 29.2 Å². The maximum absolute atomic E-state index is 13.2. The predicted molar refractivity (Wildman–Crippen MR) is 151 cm³/mol. The fourth-order valence-corrected chi connectivity index (χ4v) is 4.00. The number of anilines is 1. The first kappa shape index (κ1) is 28.7. The minimum atomic E-state index is -0.181. The number of oxime groups is 1. The lowest BCUT2D eigenvalue weighted by molar-refractivity contribution is -0.134. The monoisotopic (exact) mass is 538 g/mol. The SMILES string of the molecule is CO/N=C(\N)N(CCN(Cc1ccc(OCc2ccccc2)c(OC)c1)C(=O)C(C)C)c1ccc(Cl)cc1. The number of ether oxygens (including phenoxy) is 2. The van der Waals surface area contributed by atoms with Gasteiger partial charge in [-0.05, 0) is 52.7 Å². The summed E-state index contributed by atoms with van der Waals surface area (Å²) in [7, 11) is 3.04. The Labute approximate surface area is 229 Å². The summed E-state index contributed by atoms with van der Waals surface area (Å²) in [6, 6.07) is 22.9. The molecule has 0 radical (unpaired) electrons. The van der Waals surface area contributed by atoms with Crippen molar-refractivity contribution in [3.8, 4) is 11.5 Å². The van der Waals surface area contributed by atoms with E-state index >= 15 is 0 Å². The predicted octanol–water partition coefficient (Wildman–Crippen LogP) is 5.29. The Morgan fingerprint density at radius 1 is 0.947 bits per heavy atom. The average molecular weight is 539 g/mol. The van der Waals surface area contributed by atoms with E-state index in [1.54, 1.807) is 29.0 Å². The fourth-order valence-electron chi connectivity index (χ4n) is 3.88. The van der Waals surface area contributed by atoms with Crippen LogP contribution in [0.2, 0.25) is 5.02 Å². The summed E-state index contributed by atoms with van der Waals surface area (Å²) < 4.78 is 11.6. The summed E-state index contributed by atoms with van der Waals surface area (Å²) in [5.41, 5.74) is 8.95. The van der Waals surface area contributed by atoms with E-state index in [1.165, 1.54) is 7.11 Å². The molecule has 0 saturated carbocycles. The van der Waals surface area contributed by atoms with E-state index in [0.717, 1.165) is 16.8 Å². The van der Waals surface area contributed by atoms with Gasteiger partial charge in [-0.1, -0.05) is 61.8 Å². The number of guanidine groups is 1. The Morgan fingerprint density at radius 2 is 1.66 bits per heavy atom. The first-order valence-corrected chi connectivity index (χ1v) is 12.7. The molecule has 0 saturated heterocycles. The summed E-state index contributed by atoms with van der Waals surface area (Å²) in [5.74, 6) is 1.26. The van der Waals surface area contributed by atoms with Gasteiger partial charge in [0.05, 0.1) is 7.11 Å². The molecule has 0 atom stereocenters. The van der Waals surface area contributed by atoms with Gasteiger partial charge in [-0.15, -0.1) is 0 Å². The van der Waals surface area contributed by atoms with Crippen molar-refractivity contribution in [2.45, 2.75) is 27.0 Å². The first-order valence-electron chi connectivity index (χ1n) is 12.3. The van der Waals surface area contributed by atoms with Gasteiger partial charge in [0.25, 0.3) is 0 Å². The van der Waals surface area contributed by atoms with E-state index in [1.807, 2.05) is 74.5 Å². The van der Waals surface area contributed by atoms with Gasteiger partial charge < -0.3 is 29.8 Å². The van der Waals surface area contributed by atoms with E-state index in [0.29, 0.717) is 42.8 Å². The van der Waals surface area contributed by atoms with Crippen molar-refractivity contribution in [3.63, 3.8) is 0 Å². The van der Waals surface area contributed by atoms with Gasteiger partial charge in [0, 0.05) is 36.3 Å². The van der Waals surface area contributed by atoms with Crippen LogP contribution in [0, 0.1) is 5.92 Å². The lowest BCUT2D eigenvalue weighted by atomic mass is 10.1. The molecule has 0 aromatic heterocycles. The molecule has 0 spiro atoms. The van der Waals surface area contributed by atoms with Gasteiger partial charge >= 0.3 is 0 Å². The molecule has 38 heavy (non-hydrogen) atoms. The minimum absolute atomic E-state index is 0.0201. The van der Waals surface area contributed by atoms with Crippen LogP contribution < -0.4 is 20.1 Å². The van der Waals surface area contributed by atoms with Gasteiger partial charge in [-0.3, -0.25) is 4.79 Å². The summed E-state index contributed by atoms with van der Waals surface area (Å²) in [6.07, 6.45) is 0. The van der Waals surface area contributed by atoms with Gasteiger partial charge in [0.1, 0.15) is 13.7 Å². The van der Waals surface area contributed by atoms with Crippen molar-refractivity contribution in [1.82, 2.24) is 4.90 Å². The largest absolute Gasteiger partial charge is 0.493 e. The van der Waals surface area contributed by atoms with Crippen LogP contribution in [0.4, 0.5) is 5.69 Å². The van der Waals surface area contributed by atoms with Crippen LogP contribution in [0.5, 0.6) is 11.5 Å². The van der Waals surface area contributed by atoms with Gasteiger partial charge in [-0.2, -0.15) is 0 Å². The second-order valence-corrected chi connectivity index (χ2v) is 9.37. The molecule has 3 rings (SSSR count). The molecule has 2 N–H and O–H groups in total. The zero-order valence-corrected chi connectivity index (χ0v) is 23.0. The molecule has 0 unspecified atom stereocenters. The number of nitrogens with two attached hydrogens (primary N) is 1. The summed E-state index contributed by atoms with van der Waals surface area (Å²) in [5, 5.41) is 4.50. The van der Waals surface area contributed by atoms with Gasteiger partial charge in [0.2, 0.25) is 11.9 Å². The third-order valence-electron chi connectivity index (χ3n) is 5.84. The molecule has 3 aromatic rings. The second kappa shape index (κ2) is 14.1. The van der Waals surface area contributed by atoms with Gasteiger partial charge in [0.15, 0.2) is 11.5 Å². The number of benzene rings is 3. The van der Waals surface area contributed by atoms with E-state index in [4.69, 9.17) is 31.6 Å². The molecule has 202 valence electrons. The topological polar surface area (TPSA) is 89.6 Å². The number of carbonyl (C=O) groups is 1. The standard InChI is InChI=1S/C29H35ClN4O4/c1-21(2)28(35)33(16-17-34(29(31)32-37-4)25-13-11-24(30)12-14-25)19-23-10-15-26(27(18-23)36-3)38-20-22-8-6-5-7-9-22/h5-15,18,21H,16-17,19-20H2,1-4H3,(H2,31,32). The quantitative estimate of drug-likeness (QED) is 0.191. The zero-order valence-electron chi connectivity index (χ0n) is 22.3. The Balaban J connectivity index is 1.77. The Morgan fingerprint density at radius 3 is 2.29 bits per heavy atom. The molecular weight excluding hydrogens is 504 g/mol. The number of halogens is 1. The highest BCUT2D eigenvalue weighted by Gasteiger charge is 2.21. The average Bonchev–Trinajstić information content (AvgIpc) is 2.92. The molecular formula is C29H35ClN4O4. The molecule has 0 heterocycles. The third kappa shape index (κ3) is 8.05. The molecule has 0 aliphatic rings. The number of nitrogens with zero attached hydrogens (tertiary/aromatic N) is 3. The van der Waals surface area contributed by atoms with Crippen LogP contribution in [0.1, 0.15) is 25.0 Å². The number of methoxy groups -OCH3 is 1. The third-order valence-corrected chi connectivity index (χ3v) is 6.09. The summed E-state index contributed by atoms with van der Waals surface area (Å²) in [6.45, 7) is 5.38. The highest BCUT2D eigenvalue weighted by Crippen LogP contribution is 2.29. The zero-order chi connectivity index (χ0) is 27.5. The maximum Gasteiger partial charge on any atom is 0.238 e. The van der Waals surface area contributed by atoms with E-state index in [9.17, 15) is 4.79 Å². The van der Waals surface area contributed by atoms with Crippen LogP contribution in [-0.2, 0) is 22.8 Å². The van der Waals surface area contributed by atoms with Crippen LogP contribution >= 0.6 is 11.6 Å². The summed E-state index contributed by atoms with van der Waals surface area (Å²) >= 11 is 6.06. The van der Waals surface area contributed by atoms with Crippen LogP contribution in [0.3, 0.4) is 0 Å². The lowest BCUT2D eigenvalue weighted by Crippen LogP contribution is -2.45. The van der Waals surface area contributed by atoms with Crippen molar-refractivity contribution in [3.05, 3.63) is 88.9 Å². The molecule has 3 aromatic carbocycles. The maximum atomic E-state index is 13.2. The second-order valence-electron chi connectivity index (χ2n) is 8.93. The highest BCUT2D eigenvalue weighted by atomic mass is 35.5. The minimum Gasteiger partial charge on any atom is -0.493 e. The molecule has 0 aliphatic carbocycles. The fraction of sp³-hybridized carbons (Fsp3) is 0.310. The van der Waals surface area contributed by atoms with E-state index in [-0.39, 0.29) is 17.8 Å². The number of hydrogen-bond donors (Lipinski definition) is 1. The molecule has 9 heteroatoms. The van der Waals surface area contributed by atoms with Crippen molar-refractivity contribution in [1.29, 1.82) is 0 Å². The Hall–Kier alpha value is -3.91. The Bertz CT molecular complexity index is 1200. The smallest absolute Gasteiger partial charge is 0.238 e. The number of rotatable bonds is 12. The lowest BCUT2D eigenvalue weighted by Gasteiger charge is -2.29. The molecule has 0 fully saturated rings. The van der Waals surface area contributed by atoms with E-state index in [2.05, 4.69) is 5.16 Å². The normalized spacial score (nSPS) is 11.3. The van der Waals surface area contributed by atoms with Crippen molar-refractivity contribution < 1.29 is 19.1 Å². The molecule has 0 aliphatic heterocycles. The number of hydrogen-bond acceptors (Lipinski definition) is 5. The molecule has 1 amide bonds. The first-order chi connectivity index (χ1) is 18.3. The molecule has 0 bridgehead atoms. The van der Waals surface area contributed by atoms with Crippen LogP contribution in [-0.4, -0.2) is 44.1 Å². The van der Waals surface area contributed by atoms with E-state index < -0.39 is 0 Å². The van der Waals surface area contributed by atoms with Crippen LogP contribution in [0.25, 0.3) is 0 Å². The number of carbonyl (C=O) groups excluding carboxylic acids is 1. The summed E-state index contributed by atoms with van der Waals surface area (Å²) in [4.78, 5) is 21.6. The molecule has 8 nitrogen and oxygen atoms in total. The van der Waals surface area contributed by atoms with Gasteiger partial charge in [-0.25, -0.2) is 0 Å². The number of amides is 1. The Kier molecular flexibility index (Phi) is 10.7. The van der Waals surface area contributed by atoms with Crippen LogP contribution in [0.15, 0.2) is 78.0 Å². The highest BCUT2D eigenvalue weighted by molar-refractivity contribution is 6.30.